The molecule has 31 heavy (non-hydrogen) atoms. The summed E-state index contributed by atoms with van der Waals surface area (Å²) in [5.41, 5.74) is 2.55. The highest BCUT2D eigenvalue weighted by Gasteiger charge is 2.19. The highest BCUT2D eigenvalue weighted by molar-refractivity contribution is 7.92. The van der Waals surface area contributed by atoms with Crippen LogP contribution in [0.25, 0.3) is 22.0 Å². The molecule has 0 aliphatic carbocycles. The topological polar surface area (TPSA) is 76.1 Å². The number of amides is 1. The van der Waals surface area contributed by atoms with Crippen molar-refractivity contribution < 1.29 is 13.2 Å². The monoisotopic (exact) mass is 450 g/mol. The van der Waals surface area contributed by atoms with Gasteiger partial charge in [0.1, 0.15) is 0 Å². The lowest BCUT2D eigenvalue weighted by molar-refractivity contribution is -0.115. The first-order valence-corrected chi connectivity index (χ1v) is 12.3. The molecule has 0 aliphatic heterocycles. The number of hydrogen-bond acceptors (Lipinski definition) is 5. The summed E-state index contributed by atoms with van der Waals surface area (Å²) in [7, 11) is -3.32. The van der Waals surface area contributed by atoms with E-state index in [9.17, 15) is 13.2 Å². The second-order valence-electron chi connectivity index (χ2n) is 7.56. The first kappa shape index (κ1) is 21.2. The van der Waals surface area contributed by atoms with Gasteiger partial charge in [0, 0.05) is 10.9 Å². The molecule has 0 atom stereocenters. The lowest BCUT2D eigenvalue weighted by atomic mass is 10.1. The number of aromatic nitrogens is 1. The van der Waals surface area contributed by atoms with Gasteiger partial charge in [-0.2, -0.15) is 0 Å². The normalized spacial score (nSPS) is 11.7. The number of hydrogen-bond donors (Lipinski definition) is 1. The highest BCUT2D eigenvalue weighted by atomic mass is 32.2. The average Bonchev–Trinajstić information content (AvgIpc) is 3.22. The Morgan fingerprint density at radius 1 is 1.00 bits per heavy atom. The number of benzene rings is 3. The fourth-order valence-corrected chi connectivity index (χ4v) is 5.03. The van der Waals surface area contributed by atoms with Gasteiger partial charge in [-0.25, -0.2) is 13.4 Å². The molecule has 4 rings (SSSR count). The summed E-state index contributed by atoms with van der Waals surface area (Å²) in [6.45, 7) is 3.30. The number of carbonyl (C=O) groups is 1. The molecule has 1 N–H and O–H groups in total. The van der Waals surface area contributed by atoms with Crippen molar-refractivity contribution in [1.29, 1.82) is 0 Å². The Labute approximate surface area is 185 Å². The van der Waals surface area contributed by atoms with Crippen molar-refractivity contribution in [2.75, 3.05) is 5.32 Å². The van der Waals surface area contributed by atoms with Crippen LogP contribution in [0.2, 0.25) is 0 Å². The van der Waals surface area contributed by atoms with Gasteiger partial charge in [0.25, 0.3) is 0 Å². The first-order valence-electron chi connectivity index (χ1n) is 9.90. The fourth-order valence-electron chi connectivity index (χ4n) is 3.23. The molecule has 158 valence electrons. The maximum absolute atomic E-state index is 12.4. The SMILES string of the molecule is CC(C)S(=O)(=O)c1ccc(CC(=O)Nc2nc(-c3ccc4ccccc4c3)cs2)cc1. The average molecular weight is 451 g/mol. The van der Waals surface area contributed by atoms with Crippen LogP contribution in [-0.2, 0) is 21.1 Å². The predicted octanol–water partition coefficient (Wildman–Crippen LogP) is 5.33. The number of rotatable bonds is 6. The van der Waals surface area contributed by atoms with Crippen LogP contribution in [0, 0.1) is 0 Å². The number of fused-ring (bicyclic) bond motifs is 1. The molecule has 1 amide bonds. The first-order chi connectivity index (χ1) is 14.8. The molecular formula is C24H22N2O3S2. The van der Waals surface area contributed by atoms with Gasteiger partial charge in [0.15, 0.2) is 15.0 Å². The molecule has 0 unspecified atom stereocenters. The molecule has 7 heteroatoms. The molecule has 5 nitrogen and oxygen atoms in total. The molecule has 1 heterocycles. The lowest BCUT2D eigenvalue weighted by Gasteiger charge is -2.08. The zero-order valence-electron chi connectivity index (χ0n) is 17.2. The van der Waals surface area contributed by atoms with E-state index in [1.807, 2.05) is 23.6 Å². The van der Waals surface area contributed by atoms with Gasteiger partial charge >= 0.3 is 0 Å². The molecule has 1 aromatic heterocycles. The van der Waals surface area contributed by atoms with Crippen molar-refractivity contribution in [3.63, 3.8) is 0 Å². The van der Waals surface area contributed by atoms with Crippen molar-refractivity contribution in [3.05, 3.63) is 77.7 Å². The number of carbonyl (C=O) groups excluding carboxylic acids is 1. The maximum atomic E-state index is 12.4. The molecule has 0 fully saturated rings. The highest BCUT2D eigenvalue weighted by Crippen LogP contribution is 2.28. The van der Waals surface area contributed by atoms with Crippen molar-refractivity contribution >= 4 is 43.0 Å². The maximum Gasteiger partial charge on any atom is 0.230 e. The van der Waals surface area contributed by atoms with E-state index in [1.165, 1.54) is 16.7 Å². The third-order valence-electron chi connectivity index (χ3n) is 5.03. The van der Waals surface area contributed by atoms with E-state index in [-0.39, 0.29) is 17.2 Å². The summed E-state index contributed by atoms with van der Waals surface area (Å²) < 4.78 is 24.4. The van der Waals surface area contributed by atoms with Crippen molar-refractivity contribution in [2.24, 2.45) is 0 Å². The Morgan fingerprint density at radius 2 is 1.71 bits per heavy atom. The number of anilines is 1. The number of sulfone groups is 1. The summed E-state index contributed by atoms with van der Waals surface area (Å²) in [4.78, 5) is 17.2. The minimum atomic E-state index is -3.32. The van der Waals surface area contributed by atoms with E-state index in [4.69, 9.17) is 0 Å². The van der Waals surface area contributed by atoms with Crippen molar-refractivity contribution in [3.8, 4) is 11.3 Å². The summed E-state index contributed by atoms with van der Waals surface area (Å²) in [6, 6.07) is 20.8. The second-order valence-corrected chi connectivity index (χ2v) is 10.9. The molecule has 0 saturated carbocycles. The largest absolute Gasteiger partial charge is 0.302 e. The van der Waals surface area contributed by atoms with Gasteiger partial charge in [0.05, 0.1) is 22.3 Å². The van der Waals surface area contributed by atoms with Crippen molar-refractivity contribution in [1.82, 2.24) is 4.98 Å². The molecule has 0 saturated heterocycles. The lowest BCUT2D eigenvalue weighted by Crippen LogP contribution is -2.15. The minimum Gasteiger partial charge on any atom is -0.302 e. The summed E-state index contributed by atoms with van der Waals surface area (Å²) in [5.74, 6) is -0.195. The molecule has 0 aliphatic rings. The Bertz CT molecular complexity index is 1340. The van der Waals surface area contributed by atoms with Crippen LogP contribution in [0.4, 0.5) is 5.13 Å². The second kappa shape index (κ2) is 8.61. The molecular weight excluding hydrogens is 428 g/mol. The Kier molecular flexibility index (Phi) is 5.89. The fraction of sp³-hybridized carbons (Fsp3) is 0.167. The van der Waals surface area contributed by atoms with Crippen LogP contribution >= 0.6 is 11.3 Å². The molecule has 4 aromatic rings. The molecule has 0 bridgehead atoms. The van der Waals surface area contributed by atoms with Crippen LogP contribution < -0.4 is 5.32 Å². The van der Waals surface area contributed by atoms with E-state index < -0.39 is 15.1 Å². The van der Waals surface area contributed by atoms with Gasteiger partial charge in [-0.05, 0) is 48.4 Å². The van der Waals surface area contributed by atoms with Crippen LogP contribution in [0.3, 0.4) is 0 Å². The van der Waals surface area contributed by atoms with Crippen LogP contribution in [-0.4, -0.2) is 24.6 Å². The van der Waals surface area contributed by atoms with E-state index in [2.05, 4.69) is 34.6 Å². The predicted molar refractivity (Wildman–Crippen MR) is 126 cm³/mol. The third-order valence-corrected chi connectivity index (χ3v) is 7.96. The van der Waals surface area contributed by atoms with Gasteiger partial charge in [0.2, 0.25) is 5.91 Å². The smallest absolute Gasteiger partial charge is 0.230 e. The quantitative estimate of drug-likeness (QED) is 0.431. The molecule has 3 aromatic carbocycles. The molecule has 0 radical (unpaired) electrons. The number of nitrogens with zero attached hydrogens (tertiary/aromatic N) is 1. The number of thiazole rings is 1. The summed E-state index contributed by atoms with van der Waals surface area (Å²) in [6.07, 6.45) is 0.146. The van der Waals surface area contributed by atoms with E-state index in [0.29, 0.717) is 5.13 Å². The Balaban J connectivity index is 1.43. The molecule has 0 spiro atoms. The van der Waals surface area contributed by atoms with Crippen LogP contribution in [0.15, 0.2) is 77.0 Å². The third kappa shape index (κ3) is 4.68. The van der Waals surface area contributed by atoms with E-state index in [0.717, 1.165) is 22.2 Å². The minimum absolute atomic E-state index is 0.146. The van der Waals surface area contributed by atoms with E-state index >= 15 is 0 Å². The standard InChI is InChI=1S/C24H22N2O3S2/c1-16(2)31(28,29)21-11-7-17(8-12-21)13-23(27)26-24-25-22(15-30-24)20-10-9-18-5-3-4-6-19(18)14-20/h3-12,14-16H,13H2,1-2H3,(H,25,26,27). The Hall–Kier alpha value is -3.03. The summed E-state index contributed by atoms with van der Waals surface area (Å²) in [5, 5.41) is 7.11. The van der Waals surface area contributed by atoms with E-state index in [1.54, 1.807) is 38.1 Å². The summed E-state index contributed by atoms with van der Waals surface area (Å²) >= 11 is 1.38. The zero-order chi connectivity index (χ0) is 22.0. The van der Waals surface area contributed by atoms with Gasteiger partial charge < -0.3 is 5.32 Å². The van der Waals surface area contributed by atoms with Gasteiger partial charge in [-0.3, -0.25) is 4.79 Å². The van der Waals surface area contributed by atoms with Crippen molar-refractivity contribution in [2.45, 2.75) is 30.4 Å². The number of nitrogens with one attached hydrogen (secondary N) is 1. The zero-order valence-corrected chi connectivity index (χ0v) is 18.8. The van der Waals surface area contributed by atoms with Crippen LogP contribution in [0.1, 0.15) is 19.4 Å². The van der Waals surface area contributed by atoms with Gasteiger partial charge in [-0.1, -0.05) is 48.5 Å². The Morgan fingerprint density at radius 3 is 2.42 bits per heavy atom. The van der Waals surface area contributed by atoms with Crippen LogP contribution in [0.5, 0.6) is 0 Å². The van der Waals surface area contributed by atoms with Gasteiger partial charge in [-0.15, -0.1) is 11.3 Å².